The van der Waals surface area contributed by atoms with Gasteiger partial charge in [-0.05, 0) is 95.5 Å². The van der Waals surface area contributed by atoms with E-state index in [1.54, 1.807) is 84.9 Å². The quantitative estimate of drug-likeness (QED) is 0.0837. The lowest BCUT2D eigenvalue weighted by Crippen LogP contribution is -2.38. The number of hydrogen-bond acceptors (Lipinski definition) is 17. The van der Waals surface area contributed by atoms with Crippen molar-refractivity contribution in [2.24, 2.45) is 15.7 Å². The highest BCUT2D eigenvalue weighted by atomic mass is 35.5. The Morgan fingerprint density at radius 1 is 0.779 bits per heavy atom. The Bertz CT molecular complexity index is 3590. The molecule has 1 aliphatic heterocycles. The molecular weight excluding hydrogens is 1090 g/mol. The molecule has 5 heterocycles. The number of para-hydroxylation sites is 2. The maximum Gasteiger partial charge on any atom is 0.280 e. The molecule has 1 N–H and O–H groups in total. The maximum atomic E-state index is 15.1. The lowest BCUT2D eigenvalue weighted by molar-refractivity contribution is -0.0731. The first-order chi connectivity index (χ1) is 37.1. The Kier molecular flexibility index (Phi) is 17.9. The molecule has 0 amide bonds. The van der Waals surface area contributed by atoms with Crippen LogP contribution in [0.3, 0.4) is 0 Å². The van der Waals surface area contributed by atoms with Crippen LogP contribution in [0.1, 0.15) is 32.6 Å². The van der Waals surface area contributed by atoms with Gasteiger partial charge in [0.2, 0.25) is 18.0 Å². The van der Waals surface area contributed by atoms with Gasteiger partial charge in [-0.3, -0.25) is 4.79 Å². The molecule has 0 fully saturated rings. The van der Waals surface area contributed by atoms with Crippen LogP contribution < -0.4 is 19.8 Å². The molecule has 5 aromatic carbocycles. The van der Waals surface area contributed by atoms with E-state index in [9.17, 15) is 14.3 Å². The van der Waals surface area contributed by atoms with E-state index in [0.717, 1.165) is 12.4 Å². The molecule has 4 aromatic heterocycles. The van der Waals surface area contributed by atoms with Gasteiger partial charge in [0.05, 0.1) is 32.2 Å². The first kappa shape index (κ1) is 55.0. The van der Waals surface area contributed by atoms with Crippen LogP contribution in [-0.2, 0) is 14.4 Å². The highest BCUT2D eigenvalue weighted by molar-refractivity contribution is 6.45. The molecule has 0 aliphatic carbocycles. The maximum absolute atomic E-state index is 15.1. The monoisotopic (exact) mass is 1130 g/mol. The Balaban J connectivity index is 0.000000157. The molecule has 0 radical (unpaired) electrons. The molecule has 2 atom stereocenters. The summed E-state index contributed by atoms with van der Waals surface area (Å²) in [6.45, 7) is 6.41. The van der Waals surface area contributed by atoms with Gasteiger partial charge in [0.1, 0.15) is 74.5 Å². The summed E-state index contributed by atoms with van der Waals surface area (Å²) in [5.74, 6) is -0.838. The Morgan fingerprint density at radius 2 is 1.47 bits per heavy atom. The van der Waals surface area contributed by atoms with Crippen LogP contribution in [0.4, 0.5) is 8.78 Å². The fourth-order valence-corrected chi connectivity index (χ4v) is 7.66. The Morgan fingerprint density at radius 3 is 2.12 bits per heavy atom. The summed E-state index contributed by atoms with van der Waals surface area (Å²) in [4.78, 5) is 42.9. The largest absolute Gasteiger partial charge is 0.470 e. The lowest BCUT2D eigenvalue weighted by atomic mass is 9.88. The topological polar surface area (TPSA) is 222 Å². The number of oxime groups is 2. The first-order valence-electron chi connectivity index (χ1n) is 22.7. The van der Waals surface area contributed by atoms with Gasteiger partial charge in [0.15, 0.2) is 12.3 Å². The van der Waals surface area contributed by atoms with Crippen molar-refractivity contribution in [3.63, 3.8) is 0 Å². The standard InChI is InChI=1S/C21H16ClFN4O5.C16H8Cl2FN5O.C14H18ClN3O2/c1-28-26-18(21-27-30-11-10-29-21)13-6-2-4-8-15(13)31-19-17(23)20(25-12-24-19)32-16-9-5-3-7-14(16)22;17-9-1-4-14(12(18)5-9)24-15(25)11-6-10(19)2-3-13(11)22-16(24)23-8-20-7-21-23;1-14(2,3)12(19)13(18-9-16-8-17-18)20-11-6-4-10(15)5-7-11/h2-9,12H,10-11H2,1H3;1-8H;4-9,12-13,19H,1-3H3/b26-18+;;. The van der Waals surface area contributed by atoms with Gasteiger partial charge in [-0.15, -0.1) is 0 Å². The van der Waals surface area contributed by atoms with Gasteiger partial charge in [-0.1, -0.05) is 96.6 Å². The zero-order valence-corrected chi connectivity index (χ0v) is 43.8. The number of nitrogens with zero attached hydrogens (tertiary/aromatic N) is 12. The smallest absolute Gasteiger partial charge is 0.280 e. The fourth-order valence-electron chi connectivity index (χ4n) is 6.86. The van der Waals surface area contributed by atoms with Gasteiger partial charge in [0.25, 0.3) is 23.2 Å². The van der Waals surface area contributed by atoms with E-state index in [-0.39, 0.29) is 63.2 Å². The summed E-state index contributed by atoms with van der Waals surface area (Å²) in [6.07, 6.45) is 5.35. The van der Waals surface area contributed by atoms with Gasteiger partial charge in [0, 0.05) is 10.0 Å². The summed E-state index contributed by atoms with van der Waals surface area (Å²) in [5.41, 5.74) is 0.441. The molecule has 26 heteroatoms. The van der Waals surface area contributed by atoms with Crippen molar-refractivity contribution in [1.29, 1.82) is 0 Å². The molecule has 20 nitrogen and oxygen atoms in total. The van der Waals surface area contributed by atoms with Crippen molar-refractivity contribution in [2.75, 3.05) is 20.3 Å². The second-order valence-corrected chi connectivity index (χ2v) is 18.6. The zero-order chi connectivity index (χ0) is 54.6. The Hall–Kier alpha value is -8.28. The first-order valence-corrected chi connectivity index (χ1v) is 24.2. The number of hydrogen-bond donors (Lipinski definition) is 1. The van der Waals surface area contributed by atoms with Gasteiger partial charge >= 0.3 is 0 Å². The van der Waals surface area contributed by atoms with Crippen LogP contribution in [-0.4, -0.2) is 92.2 Å². The minimum Gasteiger partial charge on any atom is -0.470 e. The molecule has 0 saturated carbocycles. The summed E-state index contributed by atoms with van der Waals surface area (Å²) >= 11 is 24.1. The van der Waals surface area contributed by atoms with E-state index in [4.69, 9.17) is 75.0 Å². The predicted molar refractivity (Wildman–Crippen MR) is 282 cm³/mol. The van der Waals surface area contributed by atoms with Crippen molar-refractivity contribution in [2.45, 2.75) is 33.1 Å². The third-order valence-corrected chi connectivity index (χ3v) is 11.7. The predicted octanol–water partition coefficient (Wildman–Crippen LogP) is 10.9. The third-order valence-electron chi connectivity index (χ3n) is 10.6. The summed E-state index contributed by atoms with van der Waals surface area (Å²) in [6, 6.07) is 28.8. The van der Waals surface area contributed by atoms with Crippen molar-refractivity contribution in [1.82, 2.24) is 49.0 Å². The molecule has 10 rings (SSSR count). The van der Waals surface area contributed by atoms with E-state index >= 15 is 4.39 Å². The van der Waals surface area contributed by atoms with Gasteiger partial charge < -0.3 is 33.7 Å². The van der Waals surface area contributed by atoms with Crippen molar-refractivity contribution >= 4 is 68.9 Å². The average Bonchev–Trinajstić information content (AvgIpc) is 4.22. The lowest BCUT2D eigenvalue weighted by Gasteiger charge is -2.32. The third kappa shape index (κ3) is 13.6. The second-order valence-electron chi connectivity index (χ2n) is 16.9. The van der Waals surface area contributed by atoms with Crippen LogP contribution in [0.15, 0.2) is 156 Å². The van der Waals surface area contributed by atoms with Crippen LogP contribution in [0.25, 0.3) is 22.5 Å². The highest BCUT2D eigenvalue weighted by Gasteiger charge is 2.34. The number of benzene rings is 5. The fraction of sp³-hybridized carbons (Fsp3) is 0.176. The van der Waals surface area contributed by atoms with E-state index in [1.807, 2.05) is 20.8 Å². The van der Waals surface area contributed by atoms with E-state index in [2.05, 4.69) is 45.4 Å². The molecular formula is C51H42Cl4F2N12O8. The van der Waals surface area contributed by atoms with Crippen LogP contribution in [0, 0.1) is 17.0 Å². The molecule has 0 spiro atoms. The minimum absolute atomic E-state index is 0.0973. The molecule has 77 heavy (non-hydrogen) atoms. The van der Waals surface area contributed by atoms with Gasteiger partial charge in [-0.2, -0.15) is 29.2 Å². The van der Waals surface area contributed by atoms with Crippen molar-refractivity contribution in [3.05, 3.63) is 188 Å². The summed E-state index contributed by atoms with van der Waals surface area (Å²) in [7, 11) is 1.37. The average molecular weight is 1130 g/mol. The minimum atomic E-state index is -0.915. The van der Waals surface area contributed by atoms with E-state index in [0.29, 0.717) is 44.2 Å². The SMILES string of the molecule is CC(C)(C)C(O)C(Oc1ccc(Cl)cc1)n1cncn1.CO/N=C(/C1=NOCCO1)c1ccccc1Oc1ncnc(Oc2ccccc2Cl)c1F.O=c1c2cc(F)ccc2nc(-n2cncn2)n1-c1ccc(Cl)cc1Cl. The van der Waals surface area contributed by atoms with Crippen molar-refractivity contribution in [3.8, 4) is 40.6 Å². The second kappa shape index (κ2) is 25.0. The highest BCUT2D eigenvalue weighted by Crippen LogP contribution is 2.35. The van der Waals surface area contributed by atoms with Gasteiger partial charge in [-0.25, -0.2) is 28.6 Å². The molecule has 0 bridgehead atoms. The number of fused-ring (bicyclic) bond motifs is 1. The number of halogens is 6. The number of aliphatic hydroxyl groups is 1. The summed E-state index contributed by atoms with van der Waals surface area (Å²) < 4.78 is 55.3. The number of ether oxygens (including phenoxy) is 4. The Labute approximate surface area is 456 Å². The van der Waals surface area contributed by atoms with Crippen LogP contribution in [0.5, 0.6) is 29.0 Å². The van der Waals surface area contributed by atoms with Crippen molar-refractivity contribution < 1.29 is 42.5 Å². The van der Waals surface area contributed by atoms with E-state index in [1.165, 1.54) is 64.5 Å². The van der Waals surface area contributed by atoms with E-state index < -0.39 is 29.5 Å². The normalized spacial score (nSPS) is 13.1. The molecule has 2 unspecified atom stereocenters. The number of aromatic nitrogens is 10. The number of rotatable bonds is 13. The summed E-state index contributed by atoms with van der Waals surface area (Å²) in [5, 5.41) is 28.1. The number of aliphatic hydroxyl groups excluding tert-OH is 1. The van der Waals surface area contributed by atoms with Crippen LogP contribution in [0.2, 0.25) is 20.1 Å². The molecule has 9 aromatic rings. The molecule has 396 valence electrons. The van der Waals surface area contributed by atoms with Crippen LogP contribution >= 0.6 is 46.4 Å². The molecule has 1 aliphatic rings. The zero-order valence-electron chi connectivity index (χ0n) is 40.8. The molecule has 0 saturated heterocycles.